The Labute approximate surface area is 124 Å². The molecule has 0 bridgehead atoms. The zero-order valence-electron chi connectivity index (χ0n) is 12.0. The fraction of sp³-hybridized carbons (Fsp3) is 0.375. The monoisotopic (exact) mass is 283 g/mol. The molecule has 5 nitrogen and oxygen atoms in total. The lowest BCUT2D eigenvalue weighted by atomic mass is 10.00. The number of rotatable bonds is 5. The van der Waals surface area contributed by atoms with Crippen LogP contribution in [0.4, 0.5) is 0 Å². The number of hydrogen-bond acceptors (Lipinski definition) is 3. The smallest absolute Gasteiger partial charge is 0.284 e. The first kappa shape index (κ1) is 13.8. The maximum atomic E-state index is 11.2. The van der Waals surface area contributed by atoms with Gasteiger partial charge < -0.3 is 10.3 Å². The van der Waals surface area contributed by atoms with E-state index >= 15 is 0 Å². The molecule has 0 saturated heterocycles. The summed E-state index contributed by atoms with van der Waals surface area (Å²) in [6, 6.07) is 8.63. The van der Waals surface area contributed by atoms with Gasteiger partial charge in [-0.25, -0.2) is 4.98 Å². The highest BCUT2D eigenvalue weighted by molar-refractivity contribution is 5.89. The molecule has 21 heavy (non-hydrogen) atoms. The Morgan fingerprint density at radius 3 is 2.90 bits per heavy atom. The van der Waals surface area contributed by atoms with Gasteiger partial charge in [-0.05, 0) is 24.0 Å². The van der Waals surface area contributed by atoms with E-state index in [0.717, 1.165) is 39.0 Å². The van der Waals surface area contributed by atoms with Gasteiger partial charge in [0.15, 0.2) is 5.82 Å². The summed E-state index contributed by atoms with van der Waals surface area (Å²) in [5.41, 5.74) is 8.17. The number of primary amides is 1. The van der Waals surface area contributed by atoms with Crippen LogP contribution in [0.2, 0.25) is 0 Å². The summed E-state index contributed by atoms with van der Waals surface area (Å²) in [4.78, 5) is 17.5. The number of imidazole rings is 1. The van der Waals surface area contributed by atoms with Gasteiger partial charge in [-0.3, -0.25) is 9.69 Å². The van der Waals surface area contributed by atoms with Gasteiger partial charge in [0.05, 0.1) is 0 Å². The molecule has 2 heterocycles. The molecule has 0 atom stereocenters. The third-order valence-corrected chi connectivity index (χ3v) is 3.96. The van der Waals surface area contributed by atoms with Crippen molar-refractivity contribution in [3.05, 3.63) is 53.6 Å². The van der Waals surface area contributed by atoms with Crippen molar-refractivity contribution in [2.24, 2.45) is 5.73 Å². The van der Waals surface area contributed by atoms with Crippen molar-refractivity contribution >= 4 is 5.91 Å². The third kappa shape index (κ3) is 3.13. The lowest BCUT2D eigenvalue weighted by Crippen LogP contribution is -2.32. The van der Waals surface area contributed by atoms with Crippen LogP contribution in [0.5, 0.6) is 0 Å². The molecule has 3 rings (SSSR count). The third-order valence-electron chi connectivity index (χ3n) is 3.96. The average Bonchev–Trinajstić information content (AvgIpc) is 2.96. The Hall–Kier alpha value is -2.14. The average molecular weight is 283 g/mol. The minimum Gasteiger partial charge on any atom is -0.363 e. The van der Waals surface area contributed by atoms with Crippen LogP contribution in [0, 0.1) is 6.20 Å². The molecule has 0 saturated carbocycles. The van der Waals surface area contributed by atoms with Crippen molar-refractivity contribution in [3.8, 4) is 0 Å². The molecule has 1 amide bonds. The lowest BCUT2D eigenvalue weighted by molar-refractivity contribution is 0.0986. The largest absolute Gasteiger partial charge is 0.363 e. The van der Waals surface area contributed by atoms with Gasteiger partial charge in [-0.2, -0.15) is 0 Å². The number of fused-ring (bicyclic) bond motifs is 1. The van der Waals surface area contributed by atoms with Gasteiger partial charge >= 0.3 is 0 Å². The van der Waals surface area contributed by atoms with Crippen LogP contribution in [0.1, 0.15) is 28.2 Å². The SMILES string of the molecule is NC(=O)c1n[c]cn1CCCN1CCc2ccccc2C1. The molecule has 1 aliphatic rings. The van der Waals surface area contributed by atoms with E-state index < -0.39 is 5.91 Å². The molecule has 1 aromatic heterocycles. The molecular formula is C16H19N4O. The summed E-state index contributed by atoms with van der Waals surface area (Å²) in [5.74, 6) is -0.206. The van der Waals surface area contributed by atoms with Crippen molar-refractivity contribution < 1.29 is 4.79 Å². The zero-order chi connectivity index (χ0) is 14.7. The highest BCUT2D eigenvalue weighted by Crippen LogP contribution is 2.18. The number of carbonyl (C=O) groups excluding carboxylic acids is 1. The maximum Gasteiger partial charge on any atom is 0.284 e. The summed E-state index contributed by atoms with van der Waals surface area (Å²) in [6.45, 7) is 3.85. The molecular weight excluding hydrogens is 264 g/mol. The van der Waals surface area contributed by atoms with Crippen molar-refractivity contribution in [1.29, 1.82) is 0 Å². The predicted molar refractivity (Wildman–Crippen MR) is 79.6 cm³/mol. The number of nitrogens with two attached hydrogens (primary N) is 1. The summed E-state index contributed by atoms with van der Waals surface area (Å²) < 4.78 is 1.78. The zero-order valence-corrected chi connectivity index (χ0v) is 12.0. The van der Waals surface area contributed by atoms with Gasteiger partial charge in [-0.1, -0.05) is 24.3 Å². The van der Waals surface area contributed by atoms with Crippen LogP contribution in [0.3, 0.4) is 0 Å². The number of aromatic nitrogens is 2. The van der Waals surface area contributed by atoms with Crippen molar-refractivity contribution in [1.82, 2.24) is 14.5 Å². The number of aryl methyl sites for hydroxylation is 1. The molecule has 1 aromatic carbocycles. The highest BCUT2D eigenvalue weighted by atomic mass is 16.1. The molecule has 0 unspecified atom stereocenters. The summed E-state index contributed by atoms with van der Waals surface area (Å²) in [7, 11) is 0. The number of carbonyl (C=O) groups is 1. The minimum atomic E-state index is -0.497. The Balaban J connectivity index is 1.53. The van der Waals surface area contributed by atoms with E-state index in [9.17, 15) is 4.79 Å². The first-order valence-corrected chi connectivity index (χ1v) is 7.26. The number of nitrogens with zero attached hydrogens (tertiary/aromatic N) is 3. The Morgan fingerprint density at radius 2 is 2.10 bits per heavy atom. The molecule has 1 radical (unpaired) electrons. The van der Waals surface area contributed by atoms with E-state index in [1.54, 1.807) is 10.8 Å². The molecule has 0 fully saturated rings. The topological polar surface area (TPSA) is 64.2 Å². The van der Waals surface area contributed by atoms with Crippen LogP contribution in [0.25, 0.3) is 0 Å². The Bertz CT molecular complexity index is 635. The van der Waals surface area contributed by atoms with Crippen LogP contribution < -0.4 is 5.73 Å². The van der Waals surface area contributed by atoms with E-state index in [2.05, 4.69) is 40.3 Å². The van der Waals surface area contributed by atoms with Gasteiger partial charge in [0, 0.05) is 32.4 Å². The van der Waals surface area contributed by atoms with Crippen LogP contribution in [0.15, 0.2) is 30.5 Å². The first-order chi connectivity index (χ1) is 10.2. The number of amides is 1. The molecule has 0 spiro atoms. The second-order valence-corrected chi connectivity index (χ2v) is 5.40. The Kier molecular flexibility index (Phi) is 4.01. The lowest BCUT2D eigenvalue weighted by Gasteiger charge is -2.28. The van der Waals surface area contributed by atoms with Crippen molar-refractivity contribution in [3.63, 3.8) is 0 Å². The van der Waals surface area contributed by atoms with E-state index in [1.807, 2.05) is 0 Å². The molecule has 109 valence electrons. The minimum absolute atomic E-state index is 0.291. The van der Waals surface area contributed by atoms with E-state index in [4.69, 9.17) is 5.73 Å². The van der Waals surface area contributed by atoms with E-state index in [-0.39, 0.29) is 0 Å². The second kappa shape index (κ2) is 6.10. The van der Waals surface area contributed by atoms with Crippen molar-refractivity contribution in [2.45, 2.75) is 25.9 Å². The van der Waals surface area contributed by atoms with E-state index in [1.165, 1.54) is 11.1 Å². The molecule has 2 N–H and O–H groups in total. The van der Waals surface area contributed by atoms with Gasteiger partial charge in [0.2, 0.25) is 0 Å². The van der Waals surface area contributed by atoms with Crippen molar-refractivity contribution in [2.75, 3.05) is 13.1 Å². The molecule has 0 aliphatic carbocycles. The molecule has 5 heteroatoms. The number of hydrogen-bond donors (Lipinski definition) is 1. The van der Waals surface area contributed by atoms with Gasteiger partial charge in [0.25, 0.3) is 5.91 Å². The molecule has 2 aromatic rings. The fourth-order valence-corrected chi connectivity index (χ4v) is 2.86. The summed E-state index contributed by atoms with van der Waals surface area (Å²) >= 11 is 0. The summed E-state index contributed by atoms with van der Waals surface area (Å²) in [6.07, 6.45) is 6.44. The van der Waals surface area contributed by atoms with Crippen LogP contribution in [-0.4, -0.2) is 33.4 Å². The van der Waals surface area contributed by atoms with Crippen LogP contribution >= 0.6 is 0 Å². The molecule has 1 aliphatic heterocycles. The fourth-order valence-electron chi connectivity index (χ4n) is 2.86. The Morgan fingerprint density at radius 1 is 1.29 bits per heavy atom. The summed E-state index contributed by atoms with van der Waals surface area (Å²) in [5, 5.41) is 0. The first-order valence-electron chi connectivity index (χ1n) is 7.26. The van der Waals surface area contributed by atoms with E-state index in [0.29, 0.717) is 5.82 Å². The maximum absolute atomic E-state index is 11.2. The standard InChI is InChI=1S/C16H19N4O/c17-15(21)16-18-7-11-20(16)9-3-8-19-10-6-13-4-1-2-5-14(13)12-19/h1-2,4-5,11H,3,6,8-10,12H2,(H2,17,21). The van der Waals surface area contributed by atoms with Gasteiger partial charge in [-0.15, -0.1) is 0 Å². The van der Waals surface area contributed by atoms with Crippen LogP contribution in [-0.2, 0) is 19.5 Å². The predicted octanol–water partition coefficient (Wildman–Crippen LogP) is 1.23. The number of benzene rings is 1. The van der Waals surface area contributed by atoms with Gasteiger partial charge in [0.1, 0.15) is 6.20 Å². The quantitative estimate of drug-likeness (QED) is 0.897. The second-order valence-electron chi connectivity index (χ2n) is 5.40. The highest BCUT2D eigenvalue weighted by Gasteiger charge is 2.15. The normalized spacial score (nSPS) is 14.9.